The maximum atomic E-state index is 3.32. The second-order valence-corrected chi connectivity index (χ2v) is 5.66. The predicted octanol–water partition coefficient (Wildman–Crippen LogP) is 3.20. The van der Waals surface area contributed by atoms with Gasteiger partial charge >= 0.3 is 0 Å². The molecule has 0 saturated heterocycles. The van der Waals surface area contributed by atoms with Crippen LogP contribution >= 0.6 is 0 Å². The van der Waals surface area contributed by atoms with Crippen molar-refractivity contribution in [1.29, 1.82) is 0 Å². The van der Waals surface area contributed by atoms with Gasteiger partial charge in [0.1, 0.15) is 0 Å². The Bertz CT molecular complexity index is 537. The third-order valence-corrected chi connectivity index (χ3v) is 4.07. The van der Waals surface area contributed by atoms with Crippen molar-refractivity contribution >= 4 is 10.9 Å². The van der Waals surface area contributed by atoms with Gasteiger partial charge in [-0.15, -0.1) is 0 Å². The second kappa shape index (κ2) is 4.77. The molecule has 96 valence electrons. The van der Waals surface area contributed by atoms with Gasteiger partial charge in [0.2, 0.25) is 0 Å². The van der Waals surface area contributed by atoms with E-state index in [1.54, 1.807) is 0 Å². The summed E-state index contributed by atoms with van der Waals surface area (Å²) in [5.41, 5.74) is 2.87. The molecule has 1 unspecified atom stereocenters. The molecular formula is C16H22N2. The molecule has 1 saturated carbocycles. The van der Waals surface area contributed by atoms with Crippen LogP contribution in [0.25, 0.3) is 10.9 Å². The van der Waals surface area contributed by atoms with Crippen LogP contribution in [-0.4, -0.2) is 17.7 Å². The van der Waals surface area contributed by atoms with E-state index in [-0.39, 0.29) is 0 Å². The zero-order valence-electron chi connectivity index (χ0n) is 11.3. The molecule has 2 aromatic rings. The van der Waals surface area contributed by atoms with Gasteiger partial charge < -0.3 is 9.88 Å². The number of hydrogen-bond acceptors (Lipinski definition) is 1. The number of benzene rings is 1. The van der Waals surface area contributed by atoms with Crippen LogP contribution in [0.15, 0.2) is 30.5 Å². The standard InChI is InChI=1S/C16H22N2/c1-12(17-2)10-14-4-3-5-16-15(14)8-9-18(16)11-13-6-7-13/h3-5,8-9,12-13,17H,6-7,10-11H2,1-2H3. The average Bonchev–Trinajstić information content (AvgIpc) is 3.10. The second-order valence-electron chi connectivity index (χ2n) is 5.66. The zero-order valence-corrected chi connectivity index (χ0v) is 11.3. The Morgan fingerprint density at radius 1 is 1.33 bits per heavy atom. The minimum absolute atomic E-state index is 0.530. The van der Waals surface area contributed by atoms with Crippen LogP contribution in [0.5, 0.6) is 0 Å². The zero-order chi connectivity index (χ0) is 12.5. The molecule has 1 N–H and O–H groups in total. The Balaban J connectivity index is 1.92. The molecule has 1 aliphatic carbocycles. The van der Waals surface area contributed by atoms with Crippen molar-refractivity contribution in [3.05, 3.63) is 36.0 Å². The minimum atomic E-state index is 0.530. The molecule has 0 aliphatic heterocycles. The van der Waals surface area contributed by atoms with Crippen LogP contribution in [0.2, 0.25) is 0 Å². The normalized spacial score (nSPS) is 17.2. The Morgan fingerprint density at radius 2 is 2.17 bits per heavy atom. The van der Waals surface area contributed by atoms with Crippen molar-refractivity contribution < 1.29 is 0 Å². The lowest BCUT2D eigenvalue weighted by molar-refractivity contribution is 0.610. The van der Waals surface area contributed by atoms with Crippen molar-refractivity contribution in [3.63, 3.8) is 0 Å². The van der Waals surface area contributed by atoms with Gasteiger partial charge in [0.25, 0.3) is 0 Å². The van der Waals surface area contributed by atoms with Crippen LogP contribution in [0.3, 0.4) is 0 Å². The smallest absolute Gasteiger partial charge is 0.0483 e. The van der Waals surface area contributed by atoms with Crippen LogP contribution in [0.4, 0.5) is 0 Å². The summed E-state index contributed by atoms with van der Waals surface area (Å²) >= 11 is 0. The third kappa shape index (κ3) is 2.30. The lowest BCUT2D eigenvalue weighted by Crippen LogP contribution is -2.23. The van der Waals surface area contributed by atoms with E-state index in [2.05, 4.69) is 47.3 Å². The van der Waals surface area contributed by atoms with Gasteiger partial charge in [-0.2, -0.15) is 0 Å². The highest BCUT2D eigenvalue weighted by Gasteiger charge is 2.22. The molecule has 1 fully saturated rings. The van der Waals surface area contributed by atoms with E-state index < -0.39 is 0 Å². The van der Waals surface area contributed by atoms with Crippen molar-refractivity contribution in [2.75, 3.05) is 7.05 Å². The minimum Gasteiger partial charge on any atom is -0.347 e. The highest BCUT2D eigenvalue weighted by atomic mass is 15.0. The highest BCUT2D eigenvalue weighted by molar-refractivity contribution is 5.83. The van der Waals surface area contributed by atoms with Gasteiger partial charge in [-0.1, -0.05) is 12.1 Å². The molecule has 18 heavy (non-hydrogen) atoms. The van der Waals surface area contributed by atoms with Crippen molar-refractivity contribution in [2.45, 2.75) is 38.8 Å². The summed E-state index contributed by atoms with van der Waals surface area (Å²) in [6, 6.07) is 9.53. The van der Waals surface area contributed by atoms with E-state index in [1.807, 2.05) is 7.05 Å². The first-order valence-corrected chi connectivity index (χ1v) is 7.02. The first kappa shape index (κ1) is 11.8. The monoisotopic (exact) mass is 242 g/mol. The number of rotatable bonds is 5. The van der Waals surface area contributed by atoms with E-state index >= 15 is 0 Å². The summed E-state index contributed by atoms with van der Waals surface area (Å²) in [6.07, 6.45) is 6.18. The quantitative estimate of drug-likeness (QED) is 0.852. The molecule has 3 rings (SSSR count). The summed E-state index contributed by atoms with van der Waals surface area (Å²) in [5.74, 6) is 0.931. The average molecular weight is 242 g/mol. The van der Waals surface area contributed by atoms with E-state index in [1.165, 1.54) is 35.9 Å². The van der Waals surface area contributed by atoms with E-state index in [4.69, 9.17) is 0 Å². The Kier molecular flexibility index (Phi) is 3.13. The molecule has 0 spiro atoms. The third-order valence-electron chi connectivity index (χ3n) is 4.07. The van der Waals surface area contributed by atoms with Crippen molar-refractivity contribution in [1.82, 2.24) is 9.88 Å². The van der Waals surface area contributed by atoms with Crippen LogP contribution in [-0.2, 0) is 13.0 Å². The van der Waals surface area contributed by atoms with Crippen LogP contribution in [0.1, 0.15) is 25.3 Å². The SMILES string of the molecule is CNC(C)Cc1cccc2c1ccn2CC1CC1. The molecule has 1 heterocycles. The molecule has 0 radical (unpaired) electrons. The highest BCUT2D eigenvalue weighted by Crippen LogP contribution is 2.32. The fourth-order valence-corrected chi connectivity index (χ4v) is 2.63. The number of likely N-dealkylation sites (N-methyl/N-ethyl adjacent to an activating group) is 1. The first-order valence-electron chi connectivity index (χ1n) is 7.02. The lowest BCUT2D eigenvalue weighted by atomic mass is 10.0. The Hall–Kier alpha value is -1.28. The molecular weight excluding hydrogens is 220 g/mol. The van der Waals surface area contributed by atoms with E-state index in [0.717, 1.165) is 12.3 Å². The summed E-state index contributed by atoms with van der Waals surface area (Å²) in [4.78, 5) is 0. The summed E-state index contributed by atoms with van der Waals surface area (Å²) in [7, 11) is 2.03. The fraction of sp³-hybridized carbons (Fsp3) is 0.500. The Morgan fingerprint density at radius 3 is 2.89 bits per heavy atom. The van der Waals surface area contributed by atoms with Gasteiger partial charge in [0.05, 0.1) is 0 Å². The number of nitrogens with one attached hydrogen (secondary N) is 1. The van der Waals surface area contributed by atoms with Gasteiger partial charge in [0.15, 0.2) is 0 Å². The molecule has 2 heteroatoms. The van der Waals surface area contributed by atoms with Crippen molar-refractivity contribution in [3.8, 4) is 0 Å². The summed E-state index contributed by atoms with van der Waals surface area (Å²) < 4.78 is 2.43. The number of fused-ring (bicyclic) bond motifs is 1. The van der Waals surface area contributed by atoms with Gasteiger partial charge in [0, 0.05) is 29.7 Å². The number of nitrogens with zero attached hydrogens (tertiary/aromatic N) is 1. The topological polar surface area (TPSA) is 17.0 Å². The van der Waals surface area contributed by atoms with E-state index in [9.17, 15) is 0 Å². The predicted molar refractivity (Wildman–Crippen MR) is 76.9 cm³/mol. The number of hydrogen-bond donors (Lipinski definition) is 1. The molecule has 2 nitrogen and oxygen atoms in total. The largest absolute Gasteiger partial charge is 0.347 e. The number of aromatic nitrogens is 1. The van der Waals surface area contributed by atoms with Gasteiger partial charge in [-0.05, 0) is 56.8 Å². The summed E-state index contributed by atoms with van der Waals surface area (Å²) in [6.45, 7) is 3.44. The summed E-state index contributed by atoms with van der Waals surface area (Å²) in [5, 5.41) is 4.75. The molecule has 0 amide bonds. The molecule has 1 aromatic heterocycles. The van der Waals surface area contributed by atoms with E-state index in [0.29, 0.717) is 6.04 Å². The first-order chi connectivity index (χ1) is 8.78. The molecule has 0 bridgehead atoms. The van der Waals surface area contributed by atoms with Crippen LogP contribution < -0.4 is 5.32 Å². The van der Waals surface area contributed by atoms with Crippen molar-refractivity contribution in [2.24, 2.45) is 5.92 Å². The Labute approximate surface area is 109 Å². The molecule has 1 atom stereocenters. The lowest BCUT2D eigenvalue weighted by Gasteiger charge is -2.11. The molecule has 1 aliphatic rings. The maximum Gasteiger partial charge on any atom is 0.0483 e. The van der Waals surface area contributed by atoms with Crippen LogP contribution in [0, 0.1) is 5.92 Å². The maximum absolute atomic E-state index is 3.32. The van der Waals surface area contributed by atoms with Gasteiger partial charge in [-0.25, -0.2) is 0 Å². The fourth-order valence-electron chi connectivity index (χ4n) is 2.63. The van der Waals surface area contributed by atoms with Gasteiger partial charge in [-0.3, -0.25) is 0 Å². The molecule has 1 aromatic carbocycles.